The first kappa shape index (κ1) is 14.3. The smallest absolute Gasteiger partial charge is 0.223 e. The van der Waals surface area contributed by atoms with Crippen LogP contribution in [0.4, 0.5) is 0 Å². The van der Waals surface area contributed by atoms with Crippen molar-refractivity contribution < 1.29 is 4.79 Å². The molecule has 1 aliphatic rings. The Kier molecular flexibility index (Phi) is 4.39. The molecule has 0 fully saturated rings. The molecule has 21 heavy (non-hydrogen) atoms. The Morgan fingerprint density at radius 1 is 1.38 bits per heavy atom. The van der Waals surface area contributed by atoms with E-state index in [0.29, 0.717) is 0 Å². The molecule has 1 amide bonds. The van der Waals surface area contributed by atoms with E-state index in [2.05, 4.69) is 54.0 Å². The summed E-state index contributed by atoms with van der Waals surface area (Å²) >= 11 is 1.78. The monoisotopic (exact) mass is 299 g/mol. The molecule has 2 aromatic rings. The SMILES string of the molecule is C[C@H](Cc1csc2ccccc12)NC(=O)[C@H]1CC=CCC1. The van der Waals surface area contributed by atoms with Crippen LogP contribution in [0.3, 0.4) is 0 Å². The van der Waals surface area contributed by atoms with Crippen LogP contribution < -0.4 is 5.32 Å². The van der Waals surface area contributed by atoms with Gasteiger partial charge >= 0.3 is 0 Å². The molecule has 1 aromatic carbocycles. The number of hydrogen-bond donors (Lipinski definition) is 1. The van der Waals surface area contributed by atoms with Crippen LogP contribution in [0.2, 0.25) is 0 Å². The predicted octanol–water partition coefficient (Wildman–Crippen LogP) is 4.30. The van der Waals surface area contributed by atoms with Gasteiger partial charge in [-0.1, -0.05) is 30.4 Å². The summed E-state index contributed by atoms with van der Waals surface area (Å²) in [6, 6.07) is 8.66. The molecule has 2 nitrogen and oxygen atoms in total. The summed E-state index contributed by atoms with van der Waals surface area (Å²) in [4.78, 5) is 12.3. The Labute approximate surface area is 129 Å². The standard InChI is InChI=1S/C18H21NOS/c1-13(19-18(20)14-7-3-2-4-8-14)11-15-12-21-17-10-6-5-9-16(15)17/h2-3,5-6,9-10,12-14H,4,7-8,11H2,1H3,(H,19,20)/t13-,14+/m1/s1. The molecule has 0 saturated carbocycles. The number of carbonyl (C=O) groups excluding carboxylic acids is 1. The number of rotatable bonds is 4. The van der Waals surface area contributed by atoms with Crippen molar-refractivity contribution in [2.24, 2.45) is 5.92 Å². The largest absolute Gasteiger partial charge is 0.353 e. The van der Waals surface area contributed by atoms with Gasteiger partial charge < -0.3 is 5.32 Å². The molecule has 110 valence electrons. The zero-order chi connectivity index (χ0) is 14.7. The normalized spacial score (nSPS) is 19.6. The minimum Gasteiger partial charge on any atom is -0.353 e. The van der Waals surface area contributed by atoms with E-state index in [0.717, 1.165) is 25.7 Å². The van der Waals surface area contributed by atoms with Crippen molar-refractivity contribution in [1.29, 1.82) is 0 Å². The lowest BCUT2D eigenvalue weighted by atomic mass is 9.93. The quantitative estimate of drug-likeness (QED) is 0.838. The molecule has 1 heterocycles. The lowest BCUT2D eigenvalue weighted by Crippen LogP contribution is -2.38. The van der Waals surface area contributed by atoms with E-state index in [1.165, 1.54) is 15.6 Å². The van der Waals surface area contributed by atoms with Gasteiger partial charge in [0.2, 0.25) is 5.91 Å². The van der Waals surface area contributed by atoms with Crippen molar-refractivity contribution in [3.8, 4) is 0 Å². The summed E-state index contributed by atoms with van der Waals surface area (Å²) in [7, 11) is 0. The van der Waals surface area contributed by atoms with Crippen molar-refractivity contribution in [1.82, 2.24) is 5.32 Å². The number of fused-ring (bicyclic) bond motifs is 1. The number of hydrogen-bond acceptors (Lipinski definition) is 2. The van der Waals surface area contributed by atoms with Crippen LogP contribution in [0.25, 0.3) is 10.1 Å². The van der Waals surface area contributed by atoms with Gasteiger partial charge in [-0.2, -0.15) is 0 Å². The number of nitrogens with one attached hydrogen (secondary N) is 1. The van der Waals surface area contributed by atoms with Gasteiger partial charge in [-0.3, -0.25) is 4.79 Å². The molecule has 2 atom stereocenters. The van der Waals surface area contributed by atoms with Crippen LogP contribution >= 0.6 is 11.3 Å². The highest BCUT2D eigenvalue weighted by Gasteiger charge is 2.20. The zero-order valence-electron chi connectivity index (χ0n) is 12.3. The van der Waals surface area contributed by atoms with Crippen molar-refractivity contribution in [3.63, 3.8) is 0 Å². The van der Waals surface area contributed by atoms with E-state index in [-0.39, 0.29) is 17.9 Å². The third-order valence-electron chi connectivity index (χ3n) is 4.12. The summed E-state index contributed by atoms with van der Waals surface area (Å²) < 4.78 is 1.32. The Morgan fingerprint density at radius 3 is 3.05 bits per heavy atom. The van der Waals surface area contributed by atoms with Crippen LogP contribution in [0.15, 0.2) is 41.8 Å². The fourth-order valence-corrected chi connectivity index (χ4v) is 3.94. The van der Waals surface area contributed by atoms with Gasteiger partial charge in [-0.15, -0.1) is 11.3 Å². The van der Waals surface area contributed by atoms with Gasteiger partial charge in [0, 0.05) is 16.7 Å². The van der Waals surface area contributed by atoms with Crippen molar-refractivity contribution in [2.75, 3.05) is 0 Å². The first-order chi connectivity index (χ1) is 10.2. The third-order valence-corrected chi connectivity index (χ3v) is 5.13. The summed E-state index contributed by atoms with van der Waals surface area (Å²) in [5.74, 6) is 0.378. The highest BCUT2D eigenvalue weighted by Crippen LogP contribution is 2.26. The molecule has 0 unspecified atom stereocenters. The second-order valence-electron chi connectivity index (χ2n) is 5.85. The first-order valence-corrected chi connectivity index (χ1v) is 8.52. The molecule has 0 saturated heterocycles. The molecule has 0 spiro atoms. The van der Waals surface area contributed by atoms with Gasteiger partial charge in [0.15, 0.2) is 0 Å². The average molecular weight is 299 g/mol. The Morgan fingerprint density at radius 2 is 2.24 bits per heavy atom. The van der Waals surface area contributed by atoms with Gasteiger partial charge in [0.25, 0.3) is 0 Å². The molecule has 0 aliphatic heterocycles. The Hall–Kier alpha value is -1.61. The first-order valence-electron chi connectivity index (χ1n) is 7.64. The molecule has 0 radical (unpaired) electrons. The minimum absolute atomic E-state index is 0.164. The van der Waals surface area contributed by atoms with Crippen molar-refractivity contribution >= 4 is 27.3 Å². The minimum atomic E-state index is 0.164. The molecule has 0 bridgehead atoms. The average Bonchev–Trinajstić information content (AvgIpc) is 2.91. The maximum atomic E-state index is 12.3. The molecular formula is C18H21NOS. The van der Waals surface area contributed by atoms with E-state index in [1.54, 1.807) is 11.3 Å². The van der Waals surface area contributed by atoms with Crippen LogP contribution in [0.1, 0.15) is 31.7 Å². The highest BCUT2D eigenvalue weighted by atomic mass is 32.1. The predicted molar refractivity (Wildman–Crippen MR) is 89.6 cm³/mol. The highest BCUT2D eigenvalue weighted by molar-refractivity contribution is 7.17. The van der Waals surface area contributed by atoms with Crippen LogP contribution in [0.5, 0.6) is 0 Å². The second kappa shape index (κ2) is 6.44. The Bertz CT molecular complexity index is 658. The maximum absolute atomic E-state index is 12.3. The van der Waals surface area contributed by atoms with Gasteiger partial charge in [-0.25, -0.2) is 0 Å². The van der Waals surface area contributed by atoms with Crippen LogP contribution in [0, 0.1) is 5.92 Å². The maximum Gasteiger partial charge on any atom is 0.223 e. The molecule has 3 heteroatoms. The van der Waals surface area contributed by atoms with Crippen LogP contribution in [-0.4, -0.2) is 11.9 Å². The number of carbonyl (C=O) groups is 1. The number of amides is 1. The fourth-order valence-electron chi connectivity index (χ4n) is 2.96. The molecule has 1 aliphatic carbocycles. The van der Waals surface area contributed by atoms with Gasteiger partial charge in [-0.05, 0) is 55.0 Å². The van der Waals surface area contributed by atoms with Gasteiger partial charge in [0.1, 0.15) is 0 Å². The summed E-state index contributed by atoms with van der Waals surface area (Å²) in [5.41, 5.74) is 1.34. The number of thiophene rings is 1. The van der Waals surface area contributed by atoms with Crippen molar-refractivity contribution in [2.45, 2.75) is 38.6 Å². The number of allylic oxidation sites excluding steroid dienone is 2. The lowest BCUT2D eigenvalue weighted by Gasteiger charge is -2.20. The van der Waals surface area contributed by atoms with Gasteiger partial charge in [0.05, 0.1) is 0 Å². The van der Waals surface area contributed by atoms with Crippen LogP contribution in [-0.2, 0) is 11.2 Å². The van der Waals surface area contributed by atoms with E-state index in [4.69, 9.17) is 0 Å². The topological polar surface area (TPSA) is 29.1 Å². The molecular weight excluding hydrogens is 278 g/mol. The van der Waals surface area contributed by atoms with E-state index in [1.807, 2.05) is 0 Å². The summed E-state index contributed by atoms with van der Waals surface area (Å²) in [6.07, 6.45) is 8.10. The molecule has 1 N–H and O–H groups in total. The third kappa shape index (κ3) is 3.35. The molecule has 3 rings (SSSR count). The van der Waals surface area contributed by atoms with E-state index < -0.39 is 0 Å². The van der Waals surface area contributed by atoms with E-state index in [9.17, 15) is 4.79 Å². The van der Waals surface area contributed by atoms with E-state index >= 15 is 0 Å². The van der Waals surface area contributed by atoms with Crippen molar-refractivity contribution in [3.05, 3.63) is 47.4 Å². The summed E-state index contributed by atoms with van der Waals surface area (Å²) in [5, 5.41) is 6.73. The lowest BCUT2D eigenvalue weighted by molar-refractivity contribution is -0.125. The Balaban J connectivity index is 1.62. The summed E-state index contributed by atoms with van der Waals surface area (Å²) in [6.45, 7) is 2.10. The number of benzene rings is 1. The molecule has 1 aromatic heterocycles. The zero-order valence-corrected chi connectivity index (χ0v) is 13.2. The fraction of sp³-hybridized carbons (Fsp3) is 0.389. The second-order valence-corrected chi connectivity index (χ2v) is 6.76.